The summed E-state index contributed by atoms with van der Waals surface area (Å²) in [5.41, 5.74) is 4.95. The fourth-order valence-corrected chi connectivity index (χ4v) is 5.11. The minimum absolute atomic E-state index is 0.854. The number of aliphatic imine (C=N–C) groups is 2. The van der Waals surface area contributed by atoms with E-state index in [1.54, 1.807) is 5.71 Å². The van der Waals surface area contributed by atoms with Crippen molar-refractivity contribution in [3.05, 3.63) is 71.8 Å². The second-order valence-corrected chi connectivity index (χ2v) is 8.62. The Balaban J connectivity index is 0.000000171. The summed E-state index contributed by atoms with van der Waals surface area (Å²) < 4.78 is 0. The second-order valence-electron chi connectivity index (χ2n) is 8.62. The molecular weight excluding hydrogens is 364 g/mol. The molecule has 0 heterocycles. The van der Waals surface area contributed by atoms with Crippen molar-refractivity contribution in [2.75, 3.05) is 14.1 Å². The van der Waals surface area contributed by atoms with Gasteiger partial charge in [0.1, 0.15) is 0 Å². The molecule has 2 aliphatic carbocycles. The minimum Gasteiger partial charge on any atom is -0.297 e. The molecule has 2 nitrogen and oxygen atoms in total. The van der Waals surface area contributed by atoms with E-state index in [-0.39, 0.29) is 0 Å². The average Bonchev–Trinajstić information content (AvgIpc) is 2.83. The summed E-state index contributed by atoms with van der Waals surface area (Å²) >= 11 is 0. The van der Waals surface area contributed by atoms with Gasteiger partial charge in [0.25, 0.3) is 0 Å². The molecule has 0 aliphatic heterocycles. The first-order valence-corrected chi connectivity index (χ1v) is 11.9. The molecule has 2 heteroatoms. The zero-order chi connectivity index (χ0) is 21.0. The molecule has 4 rings (SSSR count). The molecule has 0 saturated heterocycles. The zero-order valence-corrected chi connectivity index (χ0v) is 18.9. The van der Waals surface area contributed by atoms with E-state index < -0.39 is 0 Å². The number of benzene rings is 2. The molecular formula is C28H38N2. The summed E-state index contributed by atoms with van der Waals surface area (Å²) in [5, 5.41) is 0. The Bertz CT molecular complexity index is 718. The van der Waals surface area contributed by atoms with Crippen molar-refractivity contribution in [1.29, 1.82) is 0 Å². The van der Waals surface area contributed by atoms with Gasteiger partial charge in [-0.25, -0.2) is 0 Å². The Kier molecular flexibility index (Phi) is 9.34. The smallest absolute Gasteiger partial charge is 0.0715 e. The van der Waals surface area contributed by atoms with E-state index in [4.69, 9.17) is 0 Å². The summed E-state index contributed by atoms with van der Waals surface area (Å²) in [7, 11) is 3.86. The van der Waals surface area contributed by atoms with Crippen LogP contribution in [0.25, 0.3) is 0 Å². The van der Waals surface area contributed by atoms with Gasteiger partial charge < -0.3 is 0 Å². The number of hydrogen-bond acceptors (Lipinski definition) is 2. The Morgan fingerprint density at radius 3 is 1.30 bits per heavy atom. The van der Waals surface area contributed by atoms with E-state index in [2.05, 4.69) is 34.3 Å². The predicted octanol–water partition coefficient (Wildman–Crippen LogP) is 7.37. The lowest BCUT2D eigenvalue weighted by Crippen LogP contribution is -2.27. The molecule has 30 heavy (non-hydrogen) atoms. The largest absolute Gasteiger partial charge is 0.297 e. The van der Waals surface area contributed by atoms with Crippen LogP contribution in [0.5, 0.6) is 0 Å². The molecule has 0 aromatic heterocycles. The molecule has 0 atom stereocenters. The van der Waals surface area contributed by atoms with Crippen LogP contribution < -0.4 is 0 Å². The highest BCUT2D eigenvalue weighted by Gasteiger charge is 2.26. The van der Waals surface area contributed by atoms with Gasteiger partial charge in [-0.3, -0.25) is 9.98 Å². The fraction of sp³-hybridized carbons (Fsp3) is 0.500. The molecule has 0 amide bonds. The van der Waals surface area contributed by atoms with Crippen LogP contribution in [0.3, 0.4) is 0 Å². The van der Waals surface area contributed by atoms with Gasteiger partial charge >= 0.3 is 0 Å². The summed E-state index contributed by atoms with van der Waals surface area (Å²) in [4.78, 5) is 9.00. The van der Waals surface area contributed by atoms with Gasteiger partial charge in [0.05, 0.1) is 5.71 Å². The first-order valence-electron chi connectivity index (χ1n) is 11.9. The van der Waals surface area contributed by atoms with E-state index >= 15 is 0 Å². The molecule has 0 spiro atoms. The molecule has 2 fully saturated rings. The molecule has 0 radical (unpaired) electrons. The van der Waals surface area contributed by atoms with Crippen molar-refractivity contribution >= 4 is 11.4 Å². The molecule has 0 bridgehead atoms. The average molecular weight is 403 g/mol. The maximum atomic E-state index is 4.65. The molecule has 2 aliphatic rings. The topological polar surface area (TPSA) is 24.7 Å². The number of hydrogen-bond donors (Lipinski definition) is 0. The normalized spacial score (nSPS) is 17.4. The maximum absolute atomic E-state index is 4.65. The highest BCUT2D eigenvalue weighted by Crippen LogP contribution is 2.33. The van der Waals surface area contributed by atoms with E-state index in [1.807, 2.05) is 50.5 Å². The van der Waals surface area contributed by atoms with Crippen LogP contribution in [-0.4, -0.2) is 25.5 Å². The molecule has 2 saturated carbocycles. The van der Waals surface area contributed by atoms with Gasteiger partial charge in [-0.2, -0.15) is 0 Å². The summed E-state index contributed by atoms with van der Waals surface area (Å²) in [6, 6.07) is 20.5. The van der Waals surface area contributed by atoms with Gasteiger partial charge in [-0.05, 0) is 37.5 Å². The quantitative estimate of drug-likeness (QED) is 0.477. The first-order chi connectivity index (χ1) is 14.8. The van der Waals surface area contributed by atoms with E-state index in [9.17, 15) is 0 Å². The Hall–Kier alpha value is -2.22. The molecule has 0 N–H and O–H groups in total. The molecule has 2 aromatic rings. The molecule has 0 unspecified atom stereocenters. The Labute approximate surface area is 183 Å². The first kappa shape index (κ1) is 22.5. The van der Waals surface area contributed by atoms with Crippen LogP contribution in [0.2, 0.25) is 0 Å². The van der Waals surface area contributed by atoms with Gasteiger partial charge in [-0.15, -0.1) is 0 Å². The summed E-state index contributed by atoms with van der Waals surface area (Å²) in [6.07, 6.45) is 14.4. The van der Waals surface area contributed by atoms with Gasteiger partial charge in [0, 0.05) is 30.9 Å². The fourth-order valence-electron chi connectivity index (χ4n) is 5.11. The van der Waals surface area contributed by atoms with Crippen LogP contribution in [0, 0.1) is 11.8 Å². The van der Waals surface area contributed by atoms with Gasteiger partial charge in [0.2, 0.25) is 0 Å². The Morgan fingerprint density at radius 1 is 0.567 bits per heavy atom. The predicted molar refractivity (Wildman–Crippen MR) is 131 cm³/mol. The number of nitrogens with zero attached hydrogens (tertiary/aromatic N) is 2. The maximum Gasteiger partial charge on any atom is 0.0715 e. The second kappa shape index (κ2) is 12.5. The van der Waals surface area contributed by atoms with Crippen LogP contribution >= 0.6 is 0 Å². The summed E-state index contributed by atoms with van der Waals surface area (Å²) in [6.45, 7) is 0. The zero-order valence-electron chi connectivity index (χ0n) is 18.9. The van der Waals surface area contributed by atoms with Crippen molar-refractivity contribution in [3.63, 3.8) is 0 Å². The lowest BCUT2D eigenvalue weighted by atomic mass is 9.76. The van der Waals surface area contributed by atoms with Crippen LogP contribution in [-0.2, 0) is 0 Å². The van der Waals surface area contributed by atoms with E-state index in [1.165, 1.54) is 64.2 Å². The third kappa shape index (κ3) is 6.39. The third-order valence-electron chi connectivity index (χ3n) is 6.62. The van der Waals surface area contributed by atoms with Crippen molar-refractivity contribution in [1.82, 2.24) is 0 Å². The van der Waals surface area contributed by atoms with E-state index in [0.29, 0.717) is 0 Å². The third-order valence-corrected chi connectivity index (χ3v) is 6.62. The van der Waals surface area contributed by atoms with Crippen molar-refractivity contribution < 1.29 is 0 Å². The number of rotatable bonds is 4. The highest BCUT2D eigenvalue weighted by atomic mass is 14.7. The van der Waals surface area contributed by atoms with Gasteiger partial charge in [0.15, 0.2) is 0 Å². The molecule has 2 aromatic carbocycles. The highest BCUT2D eigenvalue weighted by molar-refractivity contribution is 6.12. The van der Waals surface area contributed by atoms with Crippen LogP contribution in [0.1, 0.15) is 75.3 Å². The van der Waals surface area contributed by atoms with Crippen molar-refractivity contribution in [3.8, 4) is 0 Å². The SMILES string of the molecule is CN=C(C1CCCCC1)C1CCCCC1.CN=C(c1ccccc1)c1ccccc1. The monoisotopic (exact) mass is 402 g/mol. The van der Waals surface area contributed by atoms with E-state index in [0.717, 1.165) is 28.7 Å². The molecule has 160 valence electrons. The van der Waals surface area contributed by atoms with Crippen LogP contribution in [0.4, 0.5) is 0 Å². The summed E-state index contributed by atoms with van der Waals surface area (Å²) in [5.74, 6) is 1.71. The van der Waals surface area contributed by atoms with Crippen molar-refractivity contribution in [2.45, 2.75) is 64.2 Å². The van der Waals surface area contributed by atoms with Gasteiger partial charge in [-0.1, -0.05) is 99.2 Å². The standard InChI is InChI=1S/C14H25N.C14H13N/c2*1-15-14(12-8-4-2-5-9-12)13-10-6-3-7-11-13/h12-13H,2-11H2,1H3;2-11H,1H3. The Morgan fingerprint density at radius 2 is 0.967 bits per heavy atom. The van der Waals surface area contributed by atoms with Crippen molar-refractivity contribution in [2.24, 2.45) is 21.8 Å². The van der Waals surface area contributed by atoms with Crippen LogP contribution in [0.15, 0.2) is 70.6 Å². The minimum atomic E-state index is 0.854. The lowest BCUT2D eigenvalue weighted by molar-refractivity contribution is 0.387. The lowest BCUT2D eigenvalue weighted by Gasteiger charge is -2.31.